The number of rotatable bonds is 4. The molecular formula is C12H19NO2S. The third kappa shape index (κ3) is 3.06. The molecule has 0 radical (unpaired) electrons. The van der Waals surface area contributed by atoms with Gasteiger partial charge in [-0.1, -0.05) is 44.2 Å². The zero-order valence-corrected chi connectivity index (χ0v) is 11.0. The maximum Gasteiger partial charge on any atom is 0.211 e. The number of benzene rings is 1. The smallest absolute Gasteiger partial charge is 0.211 e. The van der Waals surface area contributed by atoms with Crippen LogP contribution in [-0.4, -0.2) is 26.0 Å². The largest absolute Gasteiger partial charge is 0.212 e. The van der Waals surface area contributed by atoms with Gasteiger partial charge in [0.05, 0.1) is 12.3 Å². The zero-order valence-electron chi connectivity index (χ0n) is 10.2. The molecule has 1 atom stereocenters. The summed E-state index contributed by atoms with van der Waals surface area (Å²) in [7, 11) is -1.53. The SMILES string of the molecule is CC(C)C(c1ccccc1)N(C)S(C)(=O)=O. The van der Waals surface area contributed by atoms with Gasteiger partial charge in [-0.3, -0.25) is 0 Å². The van der Waals surface area contributed by atoms with E-state index in [2.05, 4.69) is 0 Å². The van der Waals surface area contributed by atoms with E-state index in [9.17, 15) is 8.42 Å². The van der Waals surface area contributed by atoms with Gasteiger partial charge in [0.25, 0.3) is 0 Å². The van der Waals surface area contributed by atoms with Crippen LogP contribution in [0.3, 0.4) is 0 Å². The zero-order chi connectivity index (χ0) is 12.3. The van der Waals surface area contributed by atoms with Crippen molar-refractivity contribution >= 4 is 10.0 Å². The Kier molecular flexibility index (Phi) is 4.10. The van der Waals surface area contributed by atoms with E-state index in [4.69, 9.17) is 0 Å². The minimum Gasteiger partial charge on any atom is -0.212 e. The Morgan fingerprint density at radius 2 is 1.62 bits per heavy atom. The summed E-state index contributed by atoms with van der Waals surface area (Å²) in [4.78, 5) is 0. The average molecular weight is 241 g/mol. The molecule has 16 heavy (non-hydrogen) atoms. The molecular weight excluding hydrogens is 222 g/mol. The lowest BCUT2D eigenvalue weighted by molar-refractivity contribution is 0.302. The molecule has 0 saturated heterocycles. The van der Waals surface area contributed by atoms with Gasteiger partial charge in [-0.15, -0.1) is 0 Å². The first-order valence-corrected chi connectivity index (χ1v) is 7.17. The third-order valence-corrected chi connectivity index (χ3v) is 3.96. The molecule has 0 aliphatic rings. The number of sulfonamides is 1. The Balaban J connectivity index is 3.12. The average Bonchev–Trinajstić information content (AvgIpc) is 2.17. The Hall–Kier alpha value is -0.870. The Morgan fingerprint density at radius 1 is 1.12 bits per heavy atom. The lowest BCUT2D eigenvalue weighted by Gasteiger charge is -2.29. The second-order valence-corrected chi connectivity index (χ2v) is 6.42. The van der Waals surface area contributed by atoms with Gasteiger partial charge < -0.3 is 0 Å². The molecule has 0 aliphatic carbocycles. The fourth-order valence-corrected chi connectivity index (χ4v) is 2.65. The van der Waals surface area contributed by atoms with Crippen LogP contribution in [0.2, 0.25) is 0 Å². The van der Waals surface area contributed by atoms with Crippen molar-refractivity contribution in [3.63, 3.8) is 0 Å². The predicted octanol–water partition coefficient (Wildman–Crippen LogP) is 2.28. The summed E-state index contributed by atoms with van der Waals surface area (Å²) in [5, 5.41) is 0. The maximum atomic E-state index is 11.6. The van der Waals surface area contributed by atoms with E-state index < -0.39 is 10.0 Å². The molecule has 0 fully saturated rings. The third-order valence-electron chi connectivity index (χ3n) is 2.69. The van der Waals surface area contributed by atoms with Crippen molar-refractivity contribution in [2.45, 2.75) is 19.9 Å². The van der Waals surface area contributed by atoms with Gasteiger partial charge >= 0.3 is 0 Å². The van der Waals surface area contributed by atoms with Crippen molar-refractivity contribution in [3.05, 3.63) is 35.9 Å². The highest BCUT2D eigenvalue weighted by Gasteiger charge is 2.26. The van der Waals surface area contributed by atoms with Crippen LogP contribution in [0.1, 0.15) is 25.5 Å². The molecule has 0 bridgehead atoms. The lowest BCUT2D eigenvalue weighted by Crippen LogP contribution is -2.33. The highest BCUT2D eigenvalue weighted by Crippen LogP contribution is 2.28. The van der Waals surface area contributed by atoms with Crippen molar-refractivity contribution in [1.29, 1.82) is 0 Å². The monoisotopic (exact) mass is 241 g/mol. The second-order valence-electron chi connectivity index (χ2n) is 4.38. The summed E-state index contributed by atoms with van der Waals surface area (Å²) >= 11 is 0. The number of hydrogen-bond acceptors (Lipinski definition) is 2. The standard InChI is InChI=1S/C12H19NO2S/c1-10(2)12(13(3)16(4,14)15)11-8-6-5-7-9-11/h5-10,12H,1-4H3. The molecule has 3 nitrogen and oxygen atoms in total. The Morgan fingerprint density at radius 3 is 2.00 bits per heavy atom. The van der Waals surface area contributed by atoms with Crippen LogP contribution in [0.25, 0.3) is 0 Å². The first-order valence-electron chi connectivity index (χ1n) is 5.32. The molecule has 0 amide bonds. The van der Waals surface area contributed by atoms with Crippen LogP contribution in [0.4, 0.5) is 0 Å². The second kappa shape index (κ2) is 4.97. The molecule has 90 valence electrons. The van der Waals surface area contributed by atoms with Gasteiger partial charge in [-0.25, -0.2) is 8.42 Å². The molecule has 1 aromatic carbocycles. The maximum absolute atomic E-state index is 11.6. The van der Waals surface area contributed by atoms with Crippen LogP contribution >= 0.6 is 0 Å². The molecule has 0 aromatic heterocycles. The normalized spacial score (nSPS) is 14.4. The van der Waals surface area contributed by atoms with Crippen molar-refractivity contribution in [2.24, 2.45) is 5.92 Å². The van der Waals surface area contributed by atoms with E-state index in [-0.39, 0.29) is 12.0 Å². The summed E-state index contributed by atoms with van der Waals surface area (Å²) < 4.78 is 24.6. The quantitative estimate of drug-likeness (QED) is 0.811. The Bertz CT molecular complexity index is 426. The van der Waals surface area contributed by atoms with Gasteiger partial charge in [0.15, 0.2) is 0 Å². The van der Waals surface area contributed by atoms with E-state index in [0.717, 1.165) is 5.56 Å². The number of hydrogen-bond donors (Lipinski definition) is 0. The summed E-state index contributed by atoms with van der Waals surface area (Å²) in [6.45, 7) is 4.05. The van der Waals surface area contributed by atoms with Crippen LogP contribution < -0.4 is 0 Å². The van der Waals surface area contributed by atoms with Crippen molar-refractivity contribution in [2.75, 3.05) is 13.3 Å². The molecule has 0 heterocycles. The summed E-state index contributed by atoms with van der Waals surface area (Å²) in [5.74, 6) is 0.238. The highest BCUT2D eigenvalue weighted by molar-refractivity contribution is 7.88. The first kappa shape index (κ1) is 13.2. The molecule has 4 heteroatoms. The molecule has 1 aromatic rings. The van der Waals surface area contributed by atoms with Crippen LogP contribution in [-0.2, 0) is 10.0 Å². The van der Waals surface area contributed by atoms with Gasteiger partial charge in [-0.2, -0.15) is 4.31 Å². The molecule has 1 rings (SSSR count). The molecule has 0 spiro atoms. The fraction of sp³-hybridized carbons (Fsp3) is 0.500. The summed E-state index contributed by atoms with van der Waals surface area (Å²) in [6, 6.07) is 9.62. The van der Waals surface area contributed by atoms with Gasteiger partial charge in [-0.05, 0) is 11.5 Å². The molecule has 1 unspecified atom stereocenters. The van der Waals surface area contributed by atoms with E-state index >= 15 is 0 Å². The molecule has 0 N–H and O–H groups in total. The topological polar surface area (TPSA) is 37.4 Å². The van der Waals surface area contributed by atoms with Crippen LogP contribution in [0.15, 0.2) is 30.3 Å². The minimum absolute atomic E-state index is 0.101. The molecule has 0 aliphatic heterocycles. The van der Waals surface area contributed by atoms with E-state index in [0.29, 0.717) is 0 Å². The van der Waals surface area contributed by atoms with Crippen LogP contribution in [0.5, 0.6) is 0 Å². The van der Waals surface area contributed by atoms with Crippen molar-refractivity contribution < 1.29 is 8.42 Å². The van der Waals surface area contributed by atoms with Crippen LogP contribution in [0, 0.1) is 5.92 Å². The van der Waals surface area contributed by atoms with Crippen molar-refractivity contribution in [3.8, 4) is 0 Å². The van der Waals surface area contributed by atoms with E-state index in [1.165, 1.54) is 10.6 Å². The minimum atomic E-state index is -3.16. The molecule has 0 saturated carbocycles. The van der Waals surface area contributed by atoms with Gasteiger partial charge in [0.2, 0.25) is 10.0 Å². The summed E-state index contributed by atoms with van der Waals surface area (Å²) in [5.41, 5.74) is 1.03. The van der Waals surface area contributed by atoms with Gasteiger partial charge in [0, 0.05) is 7.05 Å². The summed E-state index contributed by atoms with van der Waals surface area (Å²) in [6.07, 6.45) is 1.24. The fourth-order valence-electron chi connectivity index (χ4n) is 1.87. The van der Waals surface area contributed by atoms with E-state index in [1.807, 2.05) is 44.2 Å². The highest BCUT2D eigenvalue weighted by atomic mass is 32.2. The first-order chi connectivity index (χ1) is 7.34. The van der Waals surface area contributed by atoms with E-state index in [1.54, 1.807) is 7.05 Å². The lowest BCUT2D eigenvalue weighted by atomic mass is 9.96. The van der Waals surface area contributed by atoms with Crippen molar-refractivity contribution in [1.82, 2.24) is 4.31 Å². The van der Waals surface area contributed by atoms with Gasteiger partial charge in [0.1, 0.15) is 0 Å². The predicted molar refractivity (Wildman–Crippen MR) is 66.6 cm³/mol. The Labute approximate surface area is 98.1 Å². The number of nitrogens with zero attached hydrogens (tertiary/aromatic N) is 1.